The van der Waals surface area contributed by atoms with Gasteiger partial charge in [-0.25, -0.2) is 0 Å². The molecule has 0 spiro atoms. The molecular weight excluding hydrogens is 354 g/mol. The molecule has 3 aromatic rings. The normalized spacial score (nSPS) is 12.4. The summed E-state index contributed by atoms with van der Waals surface area (Å²) >= 11 is 0. The minimum Gasteiger partial charge on any atom is -0.497 e. The zero-order valence-electron chi connectivity index (χ0n) is 16.9. The molecular formula is C20H29N7O. The second-order valence-corrected chi connectivity index (χ2v) is 7.07. The van der Waals surface area contributed by atoms with Crippen molar-refractivity contribution in [3.63, 3.8) is 0 Å². The van der Waals surface area contributed by atoms with E-state index < -0.39 is 0 Å². The van der Waals surface area contributed by atoms with Gasteiger partial charge in [0.25, 0.3) is 0 Å². The number of nitrogens with one attached hydrogen (secondary N) is 2. The number of nitrogens with zero attached hydrogens (tertiary/aromatic N) is 4. The lowest BCUT2D eigenvalue weighted by molar-refractivity contribution is 0.414. The fraction of sp³-hybridized carbons (Fsp3) is 0.450. The van der Waals surface area contributed by atoms with Crippen LogP contribution in [0.4, 0.5) is 11.9 Å². The van der Waals surface area contributed by atoms with Crippen LogP contribution in [0.5, 0.6) is 5.75 Å². The third kappa shape index (κ3) is 4.33. The van der Waals surface area contributed by atoms with Crippen LogP contribution in [0, 0.1) is 0 Å². The van der Waals surface area contributed by atoms with Crippen LogP contribution in [-0.4, -0.2) is 39.8 Å². The Morgan fingerprint density at radius 2 is 2.04 bits per heavy atom. The quantitative estimate of drug-likeness (QED) is 0.488. The van der Waals surface area contributed by atoms with Gasteiger partial charge in [0.1, 0.15) is 5.75 Å². The van der Waals surface area contributed by atoms with Gasteiger partial charge in [0.05, 0.1) is 19.3 Å². The van der Waals surface area contributed by atoms with E-state index in [-0.39, 0.29) is 6.04 Å². The molecule has 28 heavy (non-hydrogen) atoms. The van der Waals surface area contributed by atoms with Crippen molar-refractivity contribution >= 4 is 17.5 Å². The molecule has 0 saturated heterocycles. The molecule has 1 aromatic carbocycles. The fourth-order valence-electron chi connectivity index (χ4n) is 2.96. The van der Waals surface area contributed by atoms with Crippen molar-refractivity contribution in [2.75, 3.05) is 30.8 Å². The molecule has 8 heteroatoms. The Labute approximate surface area is 165 Å². The lowest BCUT2D eigenvalue weighted by Gasteiger charge is -2.17. The summed E-state index contributed by atoms with van der Waals surface area (Å²) in [6, 6.07) is 7.99. The zero-order chi connectivity index (χ0) is 20.1. The largest absolute Gasteiger partial charge is 0.497 e. The molecule has 0 bridgehead atoms. The molecule has 4 N–H and O–H groups in total. The van der Waals surface area contributed by atoms with Crippen LogP contribution in [0.1, 0.15) is 50.3 Å². The van der Waals surface area contributed by atoms with Crippen LogP contribution in [0.25, 0.3) is 5.65 Å². The number of benzene rings is 1. The number of hydrogen-bond donors (Lipinski definition) is 3. The summed E-state index contributed by atoms with van der Waals surface area (Å²) in [5.74, 6) is 2.35. The summed E-state index contributed by atoms with van der Waals surface area (Å²) in [6.45, 7) is 7.69. The summed E-state index contributed by atoms with van der Waals surface area (Å²) in [6.07, 6.45) is 2.72. The molecule has 0 aliphatic rings. The van der Waals surface area contributed by atoms with Crippen LogP contribution in [0.3, 0.4) is 0 Å². The predicted molar refractivity (Wildman–Crippen MR) is 112 cm³/mol. The van der Waals surface area contributed by atoms with Crippen molar-refractivity contribution < 1.29 is 4.74 Å². The average Bonchev–Trinajstić information content (AvgIpc) is 3.13. The molecule has 1 unspecified atom stereocenters. The van der Waals surface area contributed by atoms with Gasteiger partial charge in [-0.1, -0.05) is 26.0 Å². The van der Waals surface area contributed by atoms with Crippen LogP contribution >= 0.6 is 0 Å². The van der Waals surface area contributed by atoms with Gasteiger partial charge in [0.15, 0.2) is 5.65 Å². The van der Waals surface area contributed by atoms with Gasteiger partial charge >= 0.3 is 0 Å². The van der Waals surface area contributed by atoms with Crippen molar-refractivity contribution in [2.45, 2.75) is 39.2 Å². The number of fused-ring (bicyclic) bond motifs is 1. The summed E-state index contributed by atoms with van der Waals surface area (Å²) in [7, 11) is 1.67. The predicted octanol–water partition coefficient (Wildman–Crippen LogP) is 3.19. The van der Waals surface area contributed by atoms with E-state index in [1.807, 2.05) is 24.4 Å². The number of aromatic nitrogens is 4. The minimum absolute atomic E-state index is 0.0109. The topological polar surface area (TPSA) is 102 Å². The maximum atomic E-state index is 5.60. The van der Waals surface area contributed by atoms with Crippen LogP contribution in [0.15, 0.2) is 30.5 Å². The summed E-state index contributed by atoms with van der Waals surface area (Å²) in [5.41, 5.74) is 8.58. The number of methoxy groups -OCH3 is 1. The third-order valence-electron chi connectivity index (χ3n) is 4.62. The van der Waals surface area contributed by atoms with Crippen molar-refractivity contribution in [2.24, 2.45) is 5.73 Å². The Morgan fingerprint density at radius 3 is 2.75 bits per heavy atom. The van der Waals surface area contributed by atoms with Gasteiger partial charge in [-0.05, 0) is 43.5 Å². The first kappa shape index (κ1) is 19.9. The fourth-order valence-corrected chi connectivity index (χ4v) is 2.96. The van der Waals surface area contributed by atoms with E-state index in [9.17, 15) is 0 Å². The Morgan fingerprint density at radius 1 is 1.21 bits per heavy atom. The van der Waals surface area contributed by atoms with Crippen molar-refractivity contribution in [1.82, 2.24) is 19.6 Å². The van der Waals surface area contributed by atoms with Gasteiger partial charge < -0.3 is 21.1 Å². The number of ether oxygens (including phenoxy) is 1. The van der Waals surface area contributed by atoms with E-state index in [4.69, 9.17) is 10.5 Å². The lowest BCUT2D eigenvalue weighted by atomic mass is 10.1. The Balaban J connectivity index is 1.95. The van der Waals surface area contributed by atoms with Crippen molar-refractivity contribution in [3.8, 4) is 5.75 Å². The molecule has 0 aliphatic heterocycles. The molecule has 150 valence electrons. The maximum absolute atomic E-state index is 5.60. The molecule has 2 heterocycles. The lowest BCUT2D eigenvalue weighted by Crippen LogP contribution is -2.16. The Bertz CT molecular complexity index is 922. The highest BCUT2D eigenvalue weighted by Crippen LogP contribution is 2.25. The second-order valence-electron chi connectivity index (χ2n) is 7.07. The maximum Gasteiger partial charge on any atom is 0.229 e. The molecule has 0 aliphatic carbocycles. The molecule has 8 nitrogen and oxygen atoms in total. The number of anilines is 2. The molecule has 0 amide bonds. The van der Waals surface area contributed by atoms with E-state index in [1.54, 1.807) is 11.6 Å². The number of nitrogens with two attached hydrogens (primary N) is 1. The molecule has 0 fully saturated rings. The monoisotopic (exact) mass is 383 g/mol. The molecule has 3 rings (SSSR count). The highest BCUT2D eigenvalue weighted by molar-refractivity contribution is 5.56. The Hall–Kier alpha value is -2.87. The van der Waals surface area contributed by atoms with E-state index in [0.29, 0.717) is 24.4 Å². The third-order valence-corrected chi connectivity index (χ3v) is 4.62. The highest BCUT2D eigenvalue weighted by Gasteiger charge is 2.17. The van der Waals surface area contributed by atoms with Crippen LogP contribution in [-0.2, 0) is 0 Å². The highest BCUT2D eigenvalue weighted by atomic mass is 16.5. The molecule has 1 atom stereocenters. The van der Waals surface area contributed by atoms with E-state index in [1.165, 1.54) is 0 Å². The summed E-state index contributed by atoms with van der Waals surface area (Å²) in [5, 5.41) is 11.2. The van der Waals surface area contributed by atoms with Crippen LogP contribution < -0.4 is 21.1 Å². The van der Waals surface area contributed by atoms with E-state index in [2.05, 4.69) is 52.5 Å². The average molecular weight is 384 g/mol. The van der Waals surface area contributed by atoms with Gasteiger partial charge in [0.2, 0.25) is 11.9 Å². The zero-order valence-corrected chi connectivity index (χ0v) is 16.9. The van der Waals surface area contributed by atoms with Crippen molar-refractivity contribution in [1.29, 1.82) is 0 Å². The Kier molecular flexibility index (Phi) is 6.30. The first-order chi connectivity index (χ1) is 13.5. The van der Waals surface area contributed by atoms with Crippen LogP contribution in [0.2, 0.25) is 0 Å². The second kappa shape index (κ2) is 8.88. The molecule has 0 radical (unpaired) electrons. The smallest absolute Gasteiger partial charge is 0.229 e. The minimum atomic E-state index is 0.0109. The first-order valence-electron chi connectivity index (χ1n) is 9.63. The van der Waals surface area contributed by atoms with Gasteiger partial charge in [-0.3, -0.25) is 0 Å². The SMILES string of the molecule is COc1cccc(C(C)Nc2nc(NCCCN)nc3c(C(C)C)cnn23)c1. The van der Waals surface area contributed by atoms with E-state index in [0.717, 1.165) is 35.5 Å². The molecule has 2 aromatic heterocycles. The summed E-state index contributed by atoms with van der Waals surface area (Å²) < 4.78 is 7.10. The van der Waals surface area contributed by atoms with Gasteiger partial charge in [-0.2, -0.15) is 19.6 Å². The first-order valence-corrected chi connectivity index (χ1v) is 9.63. The van der Waals surface area contributed by atoms with Gasteiger partial charge in [0, 0.05) is 12.1 Å². The van der Waals surface area contributed by atoms with E-state index >= 15 is 0 Å². The van der Waals surface area contributed by atoms with Gasteiger partial charge in [-0.15, -0.1) is 0 Å². The number of rotatable bonds is 9. The number of hydrogen-bond acceptors (Lipinski definition) is 7. The molecule has 0 saturated carbocycles. The standard InChI is InChI=1S/C20H29N7O/c1-13(2)17-12-23-27-18(17)25-19(22-10-6-9-21)26-20(27)24-14(3)15-7-5-8-16(11-15)28-4/h5,7-8,11-14H,6,9-10,21H2,1-4H3,(H2,22,24,25,26). The van der Waals surface area contributed by atoms with Crippen molar-refractivity contribution in [3.05, 3.63) is 41.6 Å². The summed E-state index contributed by atoms with van der Waals surface area (Å²) in [4.78, 5) is 9.32.